The fourth-order valence-corrected chi connectivity index (χ4v) is 1.68. The van der Waals surface area contributed by atoms with E-state index < -0.39 is 11.7 Å². The van der Waals surface area contributed by atoms with E-state index in [1.54, 1.807) is 13.0 Å². The first kappa shape index (κ1) is 14.8. The average molecular weight is 287 g/mol. The number of hydrogen-bond acceptors (Lipinski definition) is 3. The molecule has 2 aromatic rings. The van der Waals surface area contributed by atoms with Gasteiger partial charge in [-0.05, 0) is 25.1 Å². The zero-order chi connectivity index (χ0) is 15.2. The Morgan fingerprint density at radius 1 is 1.52 bits per heavy atom. The van der Waals surface area contributed by atoms with E-state index in [4.69, 9.17) is 5.11 Å². The first-order chi connectivity index (χ1) is 10.1. The Kier molecular flexibility index (Phi) is 4.69. The van der Waals surface area contributed by atoms with Gasteiger partial charge in [0, 0.05) is 17.7 Å². The predicted octanol–water partition coefficient (Wildman–Crippen LogP) is 1.84. The van der Waals surface area contributed by atoms with Crippen LogP contribution in [0.25, 0.3) is 0 Å². The van der Waals surface area contributed by atoms with E-state index in [2.05, 4.69) is 27.4 Å². The second kappa shape index (κ2) is 6.68. The molecule has 3 N–H and O–H groups in total. The molecule has 0 radical (unpaired) electrons. The van der Waals surface area contributed by atoms with Crippen LogP contribution in [0.5, 0.6) is 0 Å². The van der Waals surface area contributed by atoms with Crippen LogP contribution in [0.2, 0.25) is 0 Å². The summed E-state index contributed by atoms with van der Waals surface area (Å²) in [5, 5.41) is 17.5. The van der Waals surface area contributed by atoms with Crippen molar-refractivity contribution in [3.05, 3.63) is 47.0 Å². The molecule has 6 heteroatoms. The first-order valence-electron chi connectivity index (χ1n) is 6.32. The molecule has 2 rings (SSSR count). The van der Waals surface area contributed by atoms with Crippen molar-refractivity contribution in [3.8, 4) is 11.8 Å². The van der Waals surface area contributed by atoms with E-state index in [0.29, 0.717) is 23.2 Å². The molecule has 108 valence electrons. The van der Waals surface area contributed by atoms with Crippen LogP contribution in [0.4, 0.5) is 10.1 Å². The number of amides is 1. The van der Waals surface area contributed by atoms with E-state index in [9.17, 15) is 9.18 Å². The minimum absolute atomic E-state index is 0.0341. The Morgan fingerprint density at radius 2 is 2.33 bits per heavy atom. The lowest BCUT2D eigenvalue weighted by Crippen LogP contribution is -2.13. The molecular weight excluding hydrogens is 273 g/mol. The van der Waals surface area contributed by atoms with E-state index in [1.807, 2.05) is 0 Å². The molecule has 0 saturated heterocycles. The fourth-order valence-electron chi connectivity index (χ4n) is 1.68. The standard InChI is InChI=1S/C15H14FN3O2/c1-10-12(9-17-19-10)15(21)18-14-6-5-11(8-13(14)16)4-2-3-7-20/h5-6,8-9,20H,3,7H2,1H3,(H,17,19)(H,18,21). The fraction of sp³-hybridized carbons (Fsp3) is 0.200. The molecule has 1 aromatic carbocycles. The van der Waals surface area contributed by atoms with Crippen molar-refractivity contribution in [2.75, 3.05) is 11.9 Å². The number of aliphatic hydroxyl groups is 1. The van der Waals surface area contributed by atoms with E-state index in [1.165, 1.54) is 18.3 Å². The molecule has 0 bridgehead atoms. The number of carbonyl (C=O) groups excluding carboxylic acids is 1. The van der Waals surface area contributed by atoms with Crippen LogP contribution in [-0.4, -0.2) is 27.8 Å². The number of anilines is 1. The third-order valence-corrected chi connectivity index (χ3v) is 2.76. The number of carbonyl (C=O) groups is 1. The van der Waals surface area contributed by atoms with Gasteiger partial charge in [-0.15, -0.1) is 0 Å². The summed E-state index contributed by atoms with van der Waals surface area (Å²) in [6.45, 7) is 1.67. The molecule has 21 heavy (non-hydrogen) atoms. The maximum atomic E-state index is 13.9. The molecule has 1 amide bonds. The van der Waals surface area contributed by atoms with Crippen LogP contribution in [0, 0.1) is 24.6 Å². The molecule has 0 aliphatic rings. The second-order valence-electron chi connectivity index (χ2n) is 4.33. The highest BCUT2D eigenvalue weighted by molar-refractivity contribution is 6.04. The summed E-state index contributed by atoms with van der Waals surface area (Å²) in [6.07, 6.45) is 1.72. The molecule has 1 aromatic heterocycles. The maximum absolute atomic E-state index is 13.9. The maximum Gasteiger partial charge on any atom is 0.259 e. The van der Waals surface area contributed by atoms with Gasteiger partial charge in [0.15, 0.2) is 0 Å². The van der Waals surface area contributed by atoms with Crippen molar-refractivity contribution >= 4 is 11.6 Å². The summed E-state index contributed by atoms with van der Waals surface area (Å²) in [5.74, 6) is 4.43. The molecule has 0 unspecified atom stereocenters. The lowest BCUT2D eigenvalue weighted by atomic mass is 10.2. The van der Waals surface area contributed by atoms with Gasteiger partial charge < -0.3 is 10.4 Å². The summed E-state index contributed by atoms with van der Waals surface area (Å²) in [6, 6.07) is 4.29. The van der Waals surface area contributed by atoms with E-state index >= 15 is 0 Å². The zero-order valence-electron chi connectivity index (χ0n) is 11.4. The Balaban J connectivity index is 2.13. The average Bonchev–Trinajstić information content (AvgIpc) is 2.88. The molecular formula is C15H14FN3O2. The largest absolute Gasteiger partial charge is 0.395 e. The number of benzene rings is 1. The van der Waals surface area contributed by atoms with Crippen molar-refractivity contribution in [2.24, 2.45) is 0 Å². The third kappa shape index (κ3) is 3.68. The van der Waals surface area contributed by atoms with Gasteiger partial charge >= 0.3 is 0 Å². The number of H-pyrrole nitrogens is 1. The van der Waals surface area contributed by atoms with Crippen LogP contribution in [0.3, 0.4) is 0 Å². The molecule has 5 nitrogen and oxygen atoms in total. The van der Waals surface area contributed by atoms with Crippen molar-refractivity contribution < 1.29 is 14.3 Å². The number of nitrogens with zero attached hydrogens (tertiary/aromatic N) is 1. The predicted molar refractivity (Wildman–Crippen MR) is 76.3 cm³/mol. The number of hydrogen-bond donors (Lipinski definition) is 3. The van der Waals surface area contributed by atoms with Crippen LogP contribution in [0.15, 0.2) is 24.4 Å². The number of halogens is 1. The summed E-state index contributed by atoms with van der Waals surface area (Å²) in [7, 11) is 0. The van der Waals surface area contributed by atoms with Crippen molar-refractivity contribution in [2.45, 2.75) is 13.3 Å². The van der Waals surface area contributed by atoms with Gasteiger partial charge in [-0.3, -0.25) is 9.89 Å². The molecule has 0 aliphatic heterocycles. The van der Waals surface area contributed by atoms with Crippen LogP contribution in [-0.2, 0) is 0 Å². The highest BCUT2D eigenvalue weighted by Crippen LogP contribution is 2.17. The molecule has 0 atom stereocenters. The highest BCUT2D eigenvalue weighted by atomic mass is 19.1. The SMILES string of the molecule is Cc1[nH]ncc1C(=O)Nc1ccc(C#CCCO)cc1F. The minimum atomic E-state index is -0.569. The minimum Gasteiger partial charge on any atom is -0.395 e. The molecule has 1 heterocycles. The number of rotatable bonds is 3. The summed E-state index contributed by atoms with van der Waals surface area (Å²) in [5.41, 5.74) is 1.53. The van der Waals surface area contributed by atoms with Crippen molar-refractivity contribution in [1.29, 1.82) is 0 Å². The zero-order valence-corrected chi connectivity index (χ0v) is 11.4. The van der Waals surface area contributed by atoms with Crippen molar-refractivity contribution in [3.63, 3.8) is 0 Å². The normalized spacial score (nSPS) is 9.86. The lowest BCUT2D eigenvalue weighted by Gasteiger charge is -2.06. The van der Waals surface area contributed by atoms with Gasteiger partial charge in [0.05, 0.1) is 24.1 Å². The Labute approximate surface area is 121 Å². The van der Waals surface area contributed by atoms with Gasteiger partial charge in [0.2, 0.25) is 0 Å². The number of aromatic amines is 1. The number of nitrogens with one attached hydrogen (secondary N) is 2. The lowest BCUT2D eigenvalue weighted by molar-refractivity contribution is 0.102. The number of aromatic nitrogens is 2. The Morgan fingerprint density at radius 3 is 2.95 bits per heavy atom. The topological polar surface area (TPSA) is 78.0 Å². The summed E-state index contributed by atoms with van der Waals surface area (Å²) >= 11 is 0. The Hall–Kier alpha value is -2.65. The highest BCUT2D eigenvalue weighted by Gasteiger charge is 2.13. The van der Waals surface area contributed by atoms with E-state index in [0.717, 1.165) is 0 Å². The monoisotopic (exact) mass is 287 g/mol. The van der Waals surface area contributed by atoms with Crippen LogP contribution < -0.4 is 5.32 Å². The van der Waals surface area contributed by atoms with Gasteiger partial charge in [0.1, 0.15) is 5.82 Å². The first-order valence-corrected chi connectivity index (χ1v) is 6.32. The summed E-state index contributed by atoms with van der Waals surface area (Å²) in [4.78, 5) is 12.0. The molecule has 0 spiro atoms. The van der Waals surface area contributed by atoms with Crippen molar-refractivity contribution in [1.82, 2.24) is 10.2 Å². The van der Waals surface area contributed by atoms with E-state index in [-0.39, 0.29) is 12.3 Å². The second-order valence-corrected chi connectivity index (χ2v) is 4.33. The smallest absolute Gasteiger partial charge is 0.259 e. The molecule has 0 saturated carbocycles. The number of aryl methyl sites for hydroxylation is 1. The number of aliphatic hydroxyl groups excluding tert-OH is 1. The van der Waals surface area contributed by atoms with Crippen LogP contribution in [0.1, 0.15) is 28.0 Å². The van der Waals surface area contributed by atoms with Crippen LogP contribution >= 0.6 is 0 Å². The van der Waals surface area contributed by atoms with Gasteiger partial charge in [-0.1, -0.05) is 11.8 Å². The quantitative estimate of drug-likeness (QED) is 0.754. The third-order valence-electron chi connectivity index (χ3n) is 2.76. The molecule has 0 fully saturated rings. The Bertz CT molecular complexity index is 713. The molecule has 0 aliphatic carbocycles. The summed E-state index contributed by atoms with van der Waals surface area (Å²) < 4.78 is 13.9. The van der Waals surface area contributed by atoms with Gasteiger partial charge in [-0.2, -0.15) is 5.10 Å². The van der Waals surface area contributed by atoms with Gasteiger partial charge in [-0.25, -0.2) is 4.39 Å². The van der Waals surface area contributed by atoms with Gasteiger partial charge in [0.25, 0.3) is 5.91 Å².